The topological polar surface area (TPSA) is 35.6 Å². The summed E-state index contributed by atoms with van der Waals surface area (Å²) in [6.45, 7) is 3.59. The lowest BCUT2D eigenvalue weighted by molar-refractivity contribution is 0.533. The van der Waals surface area contributed by atoms with Crippen LogP contribution in [0.2, 0.25) is 5.02 Å². The first kappa shape index (κ1) is 13.5. The average molecular weight is 309 g/mol. The molecule has 0 saturated heterocycles. The van der Waals surface area contributed by atoms with Gasteiger partial charge in [-0.3, -0.25) is 4.68 Å². The largest absolute Gasteiger partial charge is 0.325 e. The van der Waals surface area contributed by atoms with E-state index >= 15 is 0 Å². The first-order valence-corrected chi connectivity index (χ1v) is 7.28. The van der Waals surface area contributed by atoms with E-state index in [4.69, 9.17) is 23.2 Å². The lowest BCUT2D eigenvalue weighted by Gasteiger charge is -2.08. The predicted molar refractivity (Wildman–Crippen MR) is 81.3 cm³/mol. The van der Waals surface area contributed by atoms with E-state index in [0.717, 1.165) is 35.5 Å². The summed E-state index contributed by atoms with van der Waals surface area (Å²) < 4.78 is 4.05. The first-order chi connectivity index (χ1) is 9.67. The molecule has 3 aromatic rings. The molecule has 1 aromatic carbocycles. The second-order valence-electron chi connectivity index (χ2n) is 4.73. The Kier molecular flexibility index (Phi) is 3.68. The van der Waals surface area contributed by atoms with Crippen LogP contribution >= 0.6 is 23.2 Å². The molecule has 2 aromatic heterocycles. The van der Waals surface area contributed by atoms with Crippen molar-refractivity contribution >= 4 is 34.2 Å². The Balaban J connectivity index is 1.93. The minimum atomic E-state index is 0.379. The lowest BCUT2D eigenvalue weighted by atomic mass is 10.3. The quantitative estimate of drug-likeness (QED) is 0.690. The number of fused-ring (bicyclic) bond motifs is 1. The molecule has 0 radical (unpaired) electrons. The highest BCUT2D eigenvalue weighted by Gasteiger charge is 2.10. The van der Waals surface area contributed by atoms with Gasteiger partial charge in [-0.2, -0.15) is 5.10 Å². The van der Waals surface area contributed by atoms with Crippen molar-refractivity contribution in [2.75, 3.05) is 0 Å². The molecule has 0 atom stereocenters. The summed E-state index contributed by atoms with van der Waals surface area (Å²) in [5, 5.41) is 4.98. The van der Waals surface area contributed by atoms with Crippen LogP contribution in [0.5, 0.6) is 0 Å². The molecule has 0 spiro atoms. The van der Waals surface area contributed by atoms with E-state index in [0.29, 0.717) is 10.9 Å². The van der Waals surface area contributed by atoms with Gasteiger partial charge >= 0.3 is 0 Å². The fourth-order valence-corrected chi connectivity index (χ4v) is 2.67. The lowest BCUT2D eigenvalue weighted by Crippen LogP contribution is -2.10. The standard InChI is InChI=1S/C14H14Cl2N4/c1-10-8-17-19(9-10)4-5-20-13-3-2-11(16)6-12(13)18-14(20)7-15/h2-3,6,8-9H,4-5,7H2,1H3. The molecule has 0 amide bonds. The molecule has 0 bridgehead atoms. The van der Waals surface area contributed by atoms with Gasteiger partial charge in [0.1, 0.15) is 5.82 Å². The van der Waals surface area contributed by atoms with Gasteiger partial charge in [0.2, 0.25) is 0 Å². The van der Waals surface area contributed by atoms with Gasteiger partial charge < -0.3 is 4.57 Å². The summed E-state index contributed by atoms with van der Waals surface area (Å²) in [6, 6.07) is 5.72. The average Bonchev–Trinajstić information content (AvgIpc) is 2.99. The van der Waals surface area contributed by atoms with Gasteiger partial charge in [0.25, 0.3) is 0 Å². The third-order valence-electron chi connectivity index (χ3n) is 3.22. The number of benzene rings is 1. The summed E-state index contributed by atoms with van der Waals surface area (Å²) >= 11 is 12.0. The van der Waals surface area contributed by atoms with Crippen molar-refractivity contribution in [3.8, 4) is 0 Å². The first-order valence-electron chi connectivity index (χ1n) is 6.37. The maximum absolute atomic E-state index is 6.00. The van der Waals surface area contributed by atoms with E-state index in [2.05, 4.69) is 14.6 Å². The van der Waals surface area contributed by atoms with Crippen molar-refractivity contribution in [2.45, 2.75) is 25.9 Å². The molecule has 3 rings (SSSR count). The number of aromatic nitrogens is 4. The molecule has 20 heavy (non-hydrogen) atoms. The molecular formula is C14H14Cl2N4. The Labute approximate surface area is 126 Å². The minimum absolute atomic E-state index is 0.379. The van der Waals surface area contributed by atoms with Crippen LogP contribution < -0.4 is 0 Å². The predicted octanol–water partition coefficient (Wildman–Crippen LogP) is 3.63. The van der Waals surface area contributed by atoms with Gasteiger partial charge in [-0.25, -0.2) is 4.98 Å². The number of halogens is 2. The number of hydrogen-bond donors (Lipinski definition) is 0. The van der Waals surface area contributed by atoms with Crippen molar-refractivity contribution in [1.29, 1.82) is 0 Å². The van der Waals surface area contributed by atoms with Gasteiger partial charge in [0.05, 0.1) is 29.7 Å². The normalized spacial score (nSPS) is 11.3. The Hall–Kier alpha value is -1.52. The monoisotopic (exact) mass is 308 g/mol. The number of aryl methyl sites for hydroxylation is 3. The number of rotatable bonds is 4. The zero-order chi connectivity index (χ0) is 14.1. The Morgan fingerprint density at radius 2 is 2.10 bits per heavy atom. The van der Waals surface area contributed by atoms with Crippen LogP contribution in [0.3, 0.4) is 0 Å². The molecule has 0 saturated carbocycles. The zero-order valence-electron chi connectivity index (χ0n) is 11.1. The van der Waals surface area contributed by atoms with Gasteiger partial charge in [-0.05, 0) is 30.7 Å². The molecule has 0 unspecified atom stereocenters. The SMILES string of the molecule is Cc1cnn(CCn2c(CCl)nc3cc(Cl)ccc32)c1. The number of hydrogen-bond acceptors (Lipinski definition) is 2. The van der Waals surface area contributed by atoms with Gasteiger partial charge in [-0.15, -0.1) is 11.6 Å². The smallest absolute Gasteiger partial charge is 0.124 e. The number of alkyl halides is 1. The van der Waals surface area contributed by atoms with Gasteiger partial charge in [0.15, 0.2) is 0 Å². The highest BCUT2D eigenvalue weighted by Crippen LogP contribution is 2.21. The summed E-state index contributed by atoms with van der Waals surface area (Å²) in [7, 11) is 0. The molecule has 0 aliphatic rings. The Morgan fingerprint density at radius 1 is 1.25 bits per heavy atom. The molecule has 0 aliphatic carbocycles. The van der Waals surface area contributed by atoms with E-state index in [-0.39, 0.29) is 0 Å². The molecule has 0 fully saturated rings. The fourth-order valence-electron chi connectivity index (χ4n) is 2.30. The summed E-state index contributed by atoms with van der Waals surface area (Å²) in [6.07, 6.45) is 3.88. The van der Waals surface area contributed by atoms with Crippen molar-refractivity contribution in [3.63, 3.8) is 0 Å². The maximum Gasteiger partial charge on any atom is 0.124 e. The van der Waals surface area contributed by atoms with Gasteiger partial charge in [-0.1, -0.05) is 11.6 Å². The van der Waals surface area contributed by atoms with Crippen LogP contribution in [0.1, 0.15) is 11.4 Å². The highest BCUT2D eigenvalue weighted by atomic mass is 35.5. The molecule has 104 valence electrons. The van der Waals surface area contributed by atoms with Crippen LogP contribution in [-0.2, 0) is 19.0 Å². The molecule has 2 heterocycles. The molecule has 0 N–H and O–H groups in total. The molecule has 4 nitrogen and oxygen atoms in total. The van der Waals surface area contributed by atoms with Crippen molar-refractivity contribution in [1.82, 2.24) is 19.3 Å². The maximum atomic E-state index is 6.00. The van der Waals surface area contributed by atoms with E-state index in [1.165, 1.54) is 0 Å². The Morgan fingerprint density at radius 3 is 2.80 bits per heavy atom. The van der Waals surface area contributed by atoms with E-state index in [9.17, 15) is 0 Å². The molecule has 0 aliphatic heterocycles. The molecular weight excluding hydrogens is 295 g/mol. The van der Waals surface area contributed by atoms with Crippen molar-refractivity contribution < 1.29 is 0 Å². The van der Waals surface area contributed by atoms with Crippen LogP contribution in [0.4, 0.5) is 0 Å². The zero-order valence-corrected chi connectivity index (χ0v) is 12.6. The third-order valence-corrected chi connectivity index (χ3v) is 3.70. The third kappa shape index (κ3) is 2.53. The van der Waals surface area contributed by atoms with Crippen LogP contribution in [0.15, 0.2) is 30.6 Å². The van der Waals surface area contributed by atoms with E-state index in [1.54, 1.807) is 0 Å². The summed E-state index contributed by atoms with van der Waals surface area (Å²) in [5.41, 5.74) is 3.09. The van der Waals surface area contributed by atoms with Gasteiger partial charge in [0, 0.05) is 17.8 Å². The fraction of sp³-hybridized carbons (Fsp3) is 0.286. The van der Waals surface area contributed by atoms with E-state index < -0.39 is 0 Å². The van der Waals surface area contributed by atoms with Crippen molar-refractivity contribution in [2.24, 2.45) is 0 Å². The molecule has 6 heteroatoms. The summed E-state index contributed by atoms with van der Waals surface area (Å²) in [5.74, 6) is 1.23. The number of imidazole rings is 1. The van der Waals surface area contributed by atoms with E-state index in [1.807, 2.05) is 42.2 Å². The minimum Gasteiger partial charge on any atom is -0.325 e. The Bertz CT molecular complexity index is 745. The summed E-state index contributed by atoms with van der Waals surface area (Å²) in [4.78, 5) is 4.53. The second-order valence-corrected chi connectivity index (χ2v) is 5.43. The second kappa shape index (κ2) is 5.46. The highest BCUT2D eigenvalue weighted by molar-refractivity contribution is 6.31. The van der Waals surface area contributed by atoms with Crippen molar-refractivity contribution in [3.05, 3.63) is 47.0 Å². The number of nitrogens with zero attached hydrogens (tertiary/aromatic N) is 4. The van der Waals surface area contributed by atoms with Crippen LogP contribution in [-0.4, -0.2) is 19.3 Å². The van der Waals surface area contributed by atoms with Crippen LogP contribution in [0, 0.1) is 6.92 Å². The van der Waals surface area contributed by atoms with Crippen LogP contribution in [0.25, 0.3) is 11.0 Å².